The van der Waals surface area contributed by atoms with E-state index < -0.39 is 0 Å². The molecule has 8 heteroatoms. The van der Waals surface area contributed by atoms with Crippen LogP contribution in [0.4, 0.5) is 4.39 Å². The van der Waals surface area contributed by atoms with Crippen LogP contribution < -0.4 is 0 Å². The first-order valence-electron chi connectivity index (χ1n) is 12.6. The zero-order chi connectivity index (χ0) is 26.2. The Balaban J connectivity index is 1.24. The molecule has 0 saturated carbocycles. The number of rotatable bonds is 6. The number of aromatic amines is 2. The Morgan fingerprint density at radius 1 is 0.744 bits per heavy atom. The van der Waals surface area contributed by atoms with Crippen LogP contribution >= 0.6 is 0 Å². The topological polar surface area (TPSA) is 96.0 Å². The van der Waals surface area contributed by atoms with Gasteiger partial charge in [0.25, 0.3) is 0 Å². The molecule has 2 N–H and O–H groups in total. The molecule has 5 aromatic heterocycles. The van der Waals surface area contributed by atoms with E-state index in [1.165, 1.54) is 23.3 Å². The molecule has 2 aromatic carbocycles. The van der Waals surface area contributed by atoms with Crippen molar-refractivity contribution in [1.82, 2.24) is 35.1 Å². The van der Waals surface area contributed by atoms with Gasteiger partial charge in [-0.2, -0.15) is 5.10 Å². The highest BCUT2D eigenvalue weighted by Crippen LogP contribution is 2.32. The van der Waals surface area contributed by atoms with Crippen LogP contribution in [0.5, 0.6) is 0 Å². The number of nitrogens with zero attached hydrogens (tertiary/aromatic N) is 5. The molecule has 0 unspecified atom stereocenters. The van der Waals surface area contributed by atoms with Crippen molar-refractivity contribution < 1.29 is 4.39 Å². The van der Waals surface area contributed by atoms with Crippen molar-refractivity contribution in [2.24, 2.45) is 0 Å². The molecule has 0 aliphatic carbocycles. The number of benzene rings is 2. The SMILES string of the molecule is Fc1cccc(-c2nccc3[nH]c(-c4[nH]nc5ncc(-c6cncc(CCc7ccccc7)c6)cc45)nc23)c1. The minimum atomic E-state index is -0.321. The molecule has 0 aliphatic heterocycles. The van der Waals surface area contributed by atoms with E-state index in [0.29, 0.717) is 33.9 Å². The Kier molecular flexibility index (Phi) is 5.62. The molecule has 0 bridgehead atoms. The summed E-state index contributed by atoms with van der Waals surface area (Å²) >= 11 is 0. The summed E-state index contributed by atoms with van der Waals surface area (Å²) in [5, 5.41) is 8.32. The van der Waals surface area contributed by atoms with E-state index in [0.717, 1.165) is 34.9 Å². The standard InChI is InChI=1S/C31H22FN7/c32-24-8-4-7-21(14-24)27-29-26(11-12-34-27)36-31(37-29)28-25-15-23(18-35-30(25)39-38-28)22-13-20(16-33-17-22)10-9-19-5-2-1-3-6-19/h1-8,11-18H,9-10H2,(H,36,37)(H,35,38,39). The molecule has 0 atom stereocenters. The second-order valence-corrected chi connectivity index (χ2v) is 9.41. The molecule has 0 radical (unpaired) electrons. The number of aromatic nitrogens is 7. The lowest BCUT2D eigenvalue weighted by Crippen LogP contribution is -1.93. The number of fused-ring (bicyclic) bond motifs is 2. The Hall–Kier alpha value is -5.24. The molecule has 0 aliphatic rings. The first kappa shape index (κ1) is 22.9. The van der Waals surface area contributed by atoms with Gasteiger partial charge in [-0.3, -0.25) is 15.1 Å². The first-order chi connectivity index (χ1) is 19.2. The lowest BCUT2D eigenvalue weighted by atomic mass is 10.0. The largest absolute Gasteiger partial charge is 0.337 e. The molecule has 0 amide bonds. The molecule has 39 heavy (non-hydrogen) atoms. The smallest absolute Gasteiger partial charge is 0.181 e. The van der Waals surface area contributed by atoms with Gasteiger partial charge in [0.1, 0.15) is 17.0 Å². The van der Waals surface area contributed by atoms with E-state index in [2.05, 4.69) is 66.5 Å². The van der Waals surface area contributed by atoms with Crippen LogP contribution in [0, 0.1) is 5.82 Å². The minimum Gasteiger partial charge on any atom is -0.337 e. The number of hydrogen-bond acceptors (Lipinski definition) is 5. The van der Waals surface area contributed by atoms with Gasteiger partial charge in [0.15, 0.2) is 11.5 Å². The molecule has 0 saturated heterocycles. The van der Waals surface area contributed by atoms with Gasteiger partial charge in [0.2, 0.25) is 0 Å². The van der Waals surface area contributed by atoms with E-state index in [9.17, 15) is 4.39 Å². The van der Waals surface area contributed by atoms with Gasteiger partial charge in [0, 0.05) is 41.5 Å². The number of aryl methyl sites for hydroxylation is 2. The highest BCUT2D eigenvalue weighted by atomic mass is 19.1. The third-order valence-electron chi connectivity index (χ3n) is 6.82. The molecule has 7 nitrogen and oxygen atoms in total. The Morgan fingerprint density at radius 2 is 1.62 bits per heavy atom. The summed E-state index contributed by atoms with van der Waals surface area (Å²) in [5.74, 6) is 0.283. The number of nitrogens with one attached hydrogen (secondary N) is 2. The summed E-state index contributed by atoms with van der Waals surface area (Å²) in [5.41, 5.74) is 8.42. The third-order valence-corrected chi connectivity index (χ3v) is 6.82. The molecule has 0 fully saturated rings. The fraction of sp³-hybridized carbons (Fsp3) is 0.0645. The summed E-state index contributed by atoms with van der Waals surface area (Å²) in [6.07, 6.45) is 9.13. The Morgan fingerprint density at radius 3 is 2.51 bits per heavy atom. The van der Waals surface area contributed by atoms with Gasteiger partial charge in [-0.1, -0.05) is 42.5 Å². The summed E-state index contributed by atoms with van der Waals surface area (Å²) in [6, 6.07) is 22.9. The fourth-order valence-electron chi connectivity index (χ4n) is 4.85. The number of pyridine rings is 3. The minimum absolute atomic E-state index is 0.321. The van der Waals surface area contributed by atoms with E-state index in [4.69, 9.17) is 4.98 Å². The Bertz CT molecular complexity index is 1940. The van der Waals surface area contributed by atoms with Crippen molar-refractivity contribution >= 4 is 22.1 Å². The average molecular weight is 512 g/mol. The van der Waals surface area contributed by atoms with Crippen LogP contribution in [0.2, 0.25) is 0 Å². The highest BCUT2D eigenvalue weighted by Gasteiger charge is 2.17. The maximum absolute atomic E-state index is 13.9. The van der Waals surface area contributed by atoms with Gasteiger partial charge >= 0.3 is 0 Å². The quantitative estimate of drug-likeness (QED) is 0.264. The lowest BCUT2D eigenvalue weighted by Gasteiger charge is -2.06. The van der Waals surface area contributed by atoms with Crippen LogP contribution in [0.3, 0.4) is 0 Å². The van der Waals surface area contributed by atoms with Crippen molar-refractivity contribution in [2.45, 2.75) is 12.8 Å². The summed E-state index contributed by atoms with van der Waals surface area (Å²) in [4.78, 5) is 21.7. The van der Waals surface area contributed by atoms with Crippen molar-refractivity contribution in [1.29, 1.82) is 0 Å². The number of H-pyrrole nitrogens is 2. The molecule has 188 valence electrons. The second-order valence-electron chi connectivity index (χ2n) is 9.41. The van der Waals surface area contributed by atoms with Crippen LogP contribution in [-0.2, 0) is 12.8 Å². The number of imidazole rings is 1. The zero-order valence-electron chi connectivity index (χ0n) is 20.8. The van der Waals surface area contributed by atoms with E-state index in [-0.39, 0.29) is 5.82 Å². The molecular formula is C31H22FN7. The van der Waals surface area contributed by atoms with Gasteiger partial charge < -0.3 is 4.98 Å². The molecule has 7 rings (SSSR count). The predicted molar refractivity (Wildman–Crippen MR) is 149 cm³/mol. The maximum atomic E-state index is 13.9. The van der Waals surface area contributed by atoms with Crippen molar-refractivity contribution in [3.8, 4) is 33.9 Å². The Labute approximate surface area is 222 Å². The first-order valence-corrected chi connectivity index (χ1v) is 12.6. The fourth-order valence-corrected chi connectivity index (χ4v) is 4.85. The normalized spacial score (nSPS) is 11.4. The molecule has 7 aromatic rings. The van der Waals surface area contributed by atoms with Gasteiger partial charge in [0.05, 0.1) is 16.6 Å². The van der Waals surface area contributed by atoms with E-state index in [1.807, 2.05) is 36.8 Å². The summed E-state index contributed by atoms with van der Waals surface area (Å²) in [6.45, 7) is 0. The van der Waals surface area contributed by atoms with Crippen molar-refractivity contribution in [3.05, 3.63) is 115 Å². The predicted octanol–water partition coefficient (Wildman–Crippen LogP) is 6.55. The van der Waals surface area contributed by atoms with Crippen LogP contribution in [0.1, 0.15) is 11.1 Å². The van der Waals surface area contributed by atoms with Gasteiger partial charge in [-0.05, 0) is 54.3 Å². The third kappa shape index (κ3) is 4.42. The molecule has 5 heterocycles. The summed E-state index contributed by atoms with van der Waals surface area (Å²) < 4.78 is 13.9. The van der Waals surface area contributed by atoms with E-state index in [1.54, 1.807) is 12.3 Å². The van der Waals surface area contributed by atoms with Crippen LogP contribution in [0.25, 0.3) is 56.0 Å². The van der Waals surface area contributed by atoms with Gasteiger partial charge in [-0.15, -0.1) is 0 Å². The molecule has 0 spiro atoms. The average Bonchev–Trinajstić information content (AvgIpc) is 3.60. The maximum Gasteiger partial charge on any atom is 0.181 e. The number of hydrogen-bond donors (Lipinski definition) is 2. The lowest BCUT2D eigenvalue weighted by molar-refractivity contribution is 0.628. The number of halogens is 1. The van der Waals surface area contributed by atoms with Crippen LogP contribution in [0.15, 0.2) is 97.6 Å². The van der Waals surface area contributed by atoms with Crippen molar-refractivity contribution in [2.75, 3.05) is 0 Å². The van der Waals surface area contributed by atoms with Crippen LogP contribution in [-0.4, -0.2) is 35.1 Å². The van der Waals surface area contributed by atoms with Crippen molar-refractivity contribution in [3.63, 3.8) is 0 Å². The monoisotopic (exact) mass is 511 g/mol. The van der Waals surface area contributed by atoms with Gasteiger partial charge in [-0.25, -0.2) is 14.4 Å². The molecular weight excluding hydrogens is 489 g/mol. The second kappa shape index (κ2) is 9.57. The zero-order valence-corrected chi connectivity index (χ0v) is 20.8. The highest BCUT2D eigenvalue weighted by molar-refractivity contribution is 5.96. The summed E-state index contributed by atoms with van der Waals surface area (Å²) in [7, 11) is 0. The van der Waals surface area contributed by atoms with E-state index >= 15 is 0 Å².